The Kier molecular flexibility index (Phi) is 14.9. The van der Waals surface area contributed by atoms with Crippen LogP contribution in [0.15, 0.2) is 189 Å². The van der Waals surface area contributed by atoms with E-state index in [1.54, 1.807) is 92.4 Å². The van der Waals surface area contributed by atoms with Crippen molar-refractivity contribution in [2.75, 3.05) is 7.05 Å². The van der Waals surface area contributed by atoms with Gasteiger partial charge in [-0.15, -0.1) is 0 Å². The van der Waals surface area contributed by atoms with Gasteiger partial charge >= 0.3 is 0 Å². The lowest BCUT2D eigenvalue weighted by molar-refractivity contribution is 0.0964. The zero-order valence-corrected chi connectivity index (χ0v) is 45.8. The third kappa shape index (κ3) is 10.6. The topological polar surface area (TPSA) is 144 Å². The number of hydrogen-bond donors (Lipinski definition) is 5. The summed E-state index contributed by atoms with van der Waals surface area (Å²) >= 11 is 6.14. The van der Waals surface area contributed by atoms with Crippen LogP contribution >= 0.6 is 11.6 Å². The zero-order chi connectivity index (χ0) is 59.9. The summed E-state index contributed by atoms with van der Waals surface area (Å²) in [6.07, 6.45) is 6.85. The monoisotopic (exact) mass is 1170 g/mol. The Morgan fingerprint density at radius 3 is 1.71 bits per heavy atom. The number of carbonyl (C=O) groups excluding carboxylic acids is 1. The van der Waals surface area contributed by atoms with Crippen LogP contribution in [-0.4, -0.2) is 52.8 Å². The standard InChI is InChI=1S/C19H13F2N3O.C17H9F3N2.C17H10F2N2.C15H11ClN2/c1-22-19(25)12-3-2-4-16-11(12)5-6-17(24-16)14-9-23-18-13(14)7-10(20)8-15(18)21;18-12-2-1-3-15-9(12)4-5-16(22-15)11-8-21-17-7-14(20)13(19)6-10(11)17;18-13-5-1-3-10-7-8-15(21-16(10)13)12-9-20-17-11(12)4-2-6-14(17)19;1-9-6-7-14(18-10(9)2)12-8-17-15-11(12)4-3-5-13(15)16/h2-9,23H,1H3,(H,22,25);1-8,21H;1-9,20H;3-8,17H,1-2H2. The predicted molar refractivity (Wildman–Crippen MR) is 327 cm³/mol. The Labute approximate surface area is 488 Å². The zero-order valence-electron chi connectivity index (χ0n) is 45.0. The van der Waals surface area contributed by atoms with Gasteiger partial charge in [-0.2, -0.15) is 0 Å². The highest BCUT2D eigenvalue weighted by molar-refractivity contribution is 6.35. The highest BCUT2D eigenvalue weighted by Crippen LogP contribution is 2.35. The van der Waals surface area contributed by atoms with Gasteiger partial charge in [-0.25, -0.2) is 50.7 Å². The molecular weight excluding hydrogens is 1130 g/mol. The number of aromatic amines is 4. The van der Waals surface area contributed by atoms with Crippen LogP contribution < -0.4 is 15.9 Å². The molecule has 0 aliphatic rings. The van der Waals surface area contributed by atoms with Crippen LogP contribution in [0.25, 0.3) is 135 Å². The number of nitrogens with zero attached hydrogens (tertiary/aromatic N) is 4. The fourth-order valence-electron chi connectivity index (χ4n) is 10.2. The van der Waals surface area contributed by atoms with Gasteiger partial charge in [0, 0.05) is 115 Å². The summed E-state index contributed by atoms with van der Waals surface area (Å²) in [5.41, 5.74) is 9.71. The molecule has 8 aromatic heterocycles. The first-order valence-electron chi connectivity index (χ1n) is 26.4. The quantitative estimate of drug-likeness (QED) is 0.109. The molecule has 7 aromatic carbocycles. The first kappa shape index (κ1) is 55.6. The van der Waals surface area contributed by atoms with Crippen molar-refractivity contribution in [3.05, 3.63) is 250 Å². The minimum absolute atomic E-state index is 0.198. The van der Waals surface area contributed by atoms with Crippen molar-refractivity contribution in [2.45, 2.75) is 0 Å². The minimum Gasteiger partial charge on any atom is -0.360 e. The van der Waals surface area contributed by atoms with E-state index in [2.05, 4.69) is 58.3 Å². The Morgan fingerprint density at radius 2 is 0.977 bits per heavy atom. The average Bonchev–Trinajstić information content (AvgIpc) is 2.31. The minimum atomic E-state index is -0.916. The number of hydrogen-bond acceptors (Lipinski definition) is 5. The normalized spacial score (nSPS) is 11.2. The third-order valence-electron chi connectivity index (χ3n) is 14.5. The lowest BCUT2D eigenvalue weighted by Gasteiger charge is -2.07. The molecule has 0 aliphatic carbocycles. The van der Waals surface area contributed by atoms with Crippen LogP contribution in [0.2, 0.25) is 5.02 Å². The average molecular weight is 1170 g/mol. The highest BCUT2D eigenvalue weighted by Gasteiger charge is 2.18. The van der Waals surface area contributed by atoms with Crippen molar-refractivity contribution < 1.29 is 35.5 Å². The summed E-state index contributed by atoms with van der Waals surface area (Å²) in [4.78, 5) is 41.6. The molecule has 0 atom stereocenters. The number of nitrogens with one attached hydrogen (secondary N) is 5. The number of rotatable bonds is 5. The van der Waals surface area contributed by atoms with Crippen molar-refractivity contribution in [3.8, 4) is 45.0 Å². The Bertz CT molecular complexity index is 5270. The van der Waals surface area contributed by atoms with Crippen LogP contribution in [0.4, 0.5) is 30.7 Å². The maximum Gasteiger partial charge on any atom is 0.251 e. The van der Waals surface area contributed by atoms with Gasteiger partial charge < -0.3 is 25.3 Å². The molecule has 15 rings (SSSR count). The summed E-state index contributed by atoms with van der Waals surface area (Å²) in [5, 5.41) is 9.47. The van der Waals surface area contributed by atoms with Crippen molar-refractivity contribution in [1.29, 1.82) is 0 Å². The Morgan fingerprint density at radius 1 is 0.442 bits per heavy atom. The van der Waals surface area contributed by atoms with E-state index in [1.165, 1.54) is 24.3 Å². The number of halogens is 8. The molecule has 0 unspecified atom stereocenters. The van der Waals surface area contributed by atoms with Gasteiger partial charge in [0.05, 0.1) is 60.7 Å². The second-order valence-corrected chi connectivity index (χ2v) is 20.1. The summed E-state index contributed by atoms with van der Waals surface area (Å²) in [6.45, 7) is 7.74. The molecule has 0 radical (unpaired) electrons. The first-order valence-corrected chi connectivity index (χ1v) is 26.8. The number of benzene rings is 7. The van der Waals surface area contributed by atoms with E-state index in [0.29, 0.717) is 93.3 Å². The molecule has 10 nitrogen and oxygen atoms in total. The first-order chi connectivity index (χ1) is 41.6. The molecule has 86 heavy (non-hydrogen) atoms. The molecule has 0 fully saturated rings. The Hall–Kier alpha value is -10.9. The maximum atomic E-state index is 13.9. The van der Waals surface area contributed by atoms with E-state index in [1.807, 2.05) is 60.8 Å². The largest absolute Gasteiger partial charge is 0.360 e. The van der Waals surface area contributed by atoms with Crippen molar-refractivity contribution >= 4 is 107 Å². The van der Waals surface area contributed by atoms with E-state index in [9.17, 15) is 35.5 Å². The fourth-order valence-corrected chi connectivity index (χ4v) is 10.4. The van der Waals surface area contributed by atoms with Gasteiger partial charge in [-0.1, -0.05) is 85.4 Å². The van der Waals surface area contributed by atoms with Gasteiger partial charge in [0.2, 0.25) is 0 Å². The SMILES string of the molecule is C=c1ccc(-c2c[nH]c3c(Cl)cccc23)nc1=C.CNC(=O)c1cccc2nc(-c3c[nH]c4c(F)cc(F)cc34)ccc12.Fc1cc2[nH]cc(-c3ccc4c(F)cccc4n3)c2cc1F.Fc1cccc2ccc(-c3c[nH]c4c(F)cccc34)nc12. The Balaban J connectivity index is 0.000000113. The van der Waals surface area contributed by atoms with E-state index < -0.39 is 23.3 Å². The van der Waals surface area contributed by atoms with Gasteiger partial charge in [0.1, 0.15) is 34.6 Å². The predicted octanol–water partition coefficient (Wildman–Crippen LogP) is 16.2. The summed E-state index contributed by atoms with van der Waals surface area (Å²) in [6, 6.07) is 44.1. The molecule has 0 bridgehead atoms. The van der Waals surface area contributed by atoms with Crippen molar-refractivity contribution in [2.24, 2.45) is 0 Å². The molecule has 8 heterocycles. The lowest BCUT2D eigenvalue weighted by atomic mass is 10.0. The number of fused-ring (bicyclic) bond motifs is 7. The van der Waals surface area contributed by atoms with Crippen LogP contribution in [0.5, 0.6) is 0 Å². The van der Waals surface area contributed by atoms with Crippen molar-refractivity contribution in [1.82, 2.24) is 45.2 Å². The van der Waals surface area contributed by atoms with E-state index in [0.717, 1.165) is 61.9 Å². The number of H-pyrrole nitrogens is 4. The highest BCUT2D eigenvalue weighted by atomic mass is 35.5. The molecule has 422 valence electrons. The number of amides is 1. The molecule has 0 spiro atoms. The molecule has 5 N–H and O–H groups in total. The number of para-hydroxylation sites is 3. The van der Waals surface area contributed by atoms with Crippen LogP contribution in [0.1, 0.15) is 10.4 Å². The second-order valence-electron chi connectivity index (χ2n) is 19.7. The van der Waals surface area contributed by atoms with E-state index in [4.69, 9.17) is 11.6 Å². The number of carbonyl (C=O) groups is 1. The summed E-state index contributed by atoms with van der Waals surface area (Å²) < 4.78 is 95.4. The summed E-state index contributed by atoms with van der Waals surface area (Å²) in [7, 11) is 1.57. The maximum absolute atomic E-state index is 13.9. The van der Waals surface area contributed by atoms with E-state index >= 15 is 0 Å². The molecule has 18 heteroatoms. The second kappa shape index (κ2) is 23.0. The molecule has 15 aromatic rings. The number of pyridine rings is 4. The van der Waals surface area contributed by atoms with Crippen LogP contribution in [0, 0.1) is 40.7 Å². The third-order valence-corrected chi connectivity index (χ3v) is 14.8. The van der Waals surface area contributed by atoms with Gasteiger partial charge in [-0.3, -0.25) is 4.79 Å². The van der Waals surface area contributed by atoms with Crippen LogP contribution in [0.3, 0.4) is 0 Å². The summed E-state index contributed by atoms with van der Waals surface area (Å²) in [5.74, 6) is -4.34. The van der Waals surface area contributed by atoms with Crippen molar-refractivity contribution in [3.63, 3.8) is 0 Å². The molecule has 0 saturated carbocycles. The van der Waals surface area contributed by atoms with Crippen LogP contribution in [-0.2, 0) is 0 Å². The van der Waals surface area contributed by atoms with Gasteiger partial charge in [0.15, 0.2) is 11.6 Å². The smallest absolute Gasteiger partial charge is 0.251 e. The molecule has 0 saturated heterocycles. The number of aromatic nitrogens is 8. The lowest BCUT2D eigenvalue weighted by Crippen LogP contribution is -2.24. The molecule has 1 amide bonds. The van der Waals surface area contributed by atoms with Gasteiger partial charge in [0.25, 0.3) is 5.91 Å². The molecular formula is C68H43ClF7N9O. The fraction of sp³-hybridized carbons (Fsp3) is 0.0147. The van der Waals surface area contributed by atoms with E-state index in [-0.39, 0.29) is 28.9 Å². The molecule has 0 aliphatic heterocycles. The van der Waals surface area contributed by atoms with Gasteiger partial charge in [-0.05, 0) is 96.2 Å².